The van der Waals surface area contributed by atoms with E-state index in [0.29, 0.717) is 0 Å². The molecule has 0 saturated carbocycles. The maximum Gasteiger partial charge on any atom is 0.113 e. The Morgan fingerprint density at radius 1 is 1.22 bits per heavy atom. The van der Waals surface area contributed by atoms with Crippen LogP contribution in [0, 0.1) is 0 Å². The topological polar surface area (TPSA) is 0 Å². The van der Waals surface area contributed by atoms with Gasteiger partial charge in [-0.2, -0.15) is 0 Å². The molecule has 42 valence electrons. The fourth-order valence-corrected chi connectivity index (χ4v) is 0.632. The summed E-state index contributed by atoms with van der Waals surface area (Å²) < 4.78 is 0. The molecule has 1 heteroatoms. The Labute approximate surface area is 56.6 Å². The van der Waals surface area contributed by atoms with E-state index in [1.807, 2.05) is 24.3 Å². The third-order valence-electron chi connectivity index (χ3n) is 1.17. The van der Waals surface area contributed by atoms with E-state index in [1.165, 1.54) is 0 Å². The molecule has 0 aliphatic heterocycles. The number of hydrogen-bond donors (Lipinski definition) is 0. The van der Waals surface area contributed by atoms with E-state index in [0.717, 1.165) is 11.0 Å². The minimum atomic E-state index is 0.792. The van der Waals surface area contributed by atoms with Crippen molar-refractivity contribution in [1.29, 1.82) is 0 Å². The number of rotatable bonds is 1. The van der Waals surface area contributed by atoms with Crippen LogP contribution in [0.25, 0.3) is 6.08 Å². The van der Waals surface area contributed by atoms with Crippen LogP contribution < -0.4 is 5.46 Å². The molecule has 0 saturated heterocycles. The lowest BCUT2D eigenvalue weighted by molar-refractivity contribution is 1.71. The van der Waals surface area contributed by atoms with E-state index in [-0.39, 0.29) is 0 Å². The van der Waals surface area contributed by atoms with Gasteiger partial charge in [0.25, 0.3) is 0 Å². The Kier molecular flexibility index (Phi) is 1.73. The normalized spacial score (nSPS) is 8.89. The highest BCUT2D eigenvalue weighted by Gasteiger charge is 1.82. The van der Waals surface area contributed by atoms with Gasteiger partial charge in [-0.25, -0.2) is 0 Å². The van der Waals surface area contributed by atoms with Crippen molar-refractivity contribution >= 4 is 19.4 Å². The summed E-state index contributed by atoms with van der Waals surface area (Å²) in [6.07, 6.45) is 1.79. The van der Waals surface area contributed by atoms with Crippen LogP contribution in [0.4, 0.5) is 0 Å². The molecule has 0 amide bonds. The predicted molar refractivity (Wildman–Crippen MR) is 41.9 cm³/mol. The summed E-state index contributed by atoms with van der Waals surface area (Å²) in [5.41, 5.74) is 1.89. The zero-order valence-corrected chi connectivity index (χ0v) is 5.17. The zero-order chi connectivity index (χ0) is 6.69. The molecule has 1 aromatic carbocycles. The third kappa shape index (κ3) is 1.46. The lowest BCUT2D eigenvalue weighted by Gasteiger charge is -1.91. The molecule has 0 bridgehead atoms. The van der Waals surface area contributed by atoms with Gasteiger partial charge in [-0.3, -0.25) is 0 Å². The highest BCUT2D eigenvalue weighted by atomic mass is 13.8. The Morgan fingerprint density at radius 3 is 2.22 bits per heavy atom. The molecule has 0 unspecified atom stereocenters. The molecular weight excluding hydrogens is 107 g/mol. The van der Waals surface area contributed by atoms with Crippen LogP contribution in [0.15, 0.2) is 30.8 Å². The van der Waals surface area contributed by atoms with Gasteiger partial charge in [0.05, 0.1) is 0 Å². The molecule has 2 radical (unpaired) electrons. The van der Waals surface area contributed by atoms with Crippen LogP contribution in [0.5, 0.6) is 0 Å². The Bertz CT molecular complexity index is 198. The monoisotopic (exact) mass is 114 g/mol. The quantitative estimate of drug-likeness (QED) is 0.480. The Balaban J connectivity index is 3.01. The summed E-state index contributed by atoms with van der Waals surface area (Å²) >= 11 is 0. The molecule has 0 N–H and O–H groups in total. The van der Waals surface area contributed by atoms with Crippen LogP contribution in [0.3, 0.4) is 0 Å². The summed E-state index contributed by atoms with van der Waals surface area (Å²) in [6.45, 7) is 3.62. The second-order valence-electron chi connectivity index (χ2n) is 1.87. The average molecular weight is 114 g/mol. The molecule has 0 aliphatic carbocycles. The molecule has 0 spiro atoms. The molecule has 0 aromatic heterocycles. The highest BCUT2D eigenvalue weighted by molar-refractivity contribution is 6.32. The van der Waals surface area contributed by atoms with Crippen molar-refractivity contribution in [3.05, 3.63) is 36.4 Å². The smallest absolute Gasteiger partial charge is 0.0985 e. The van der Waals surface area contributed by atoms with Crippen LogP contribution in [-0.4, -0.2) is 7.85 Å². The van der Waals surface area contributed by atoms with E-state index >= 15 is 0 Å². The number of benzene rings is 1. The molecular formula is C8H7B. The maximum absolute atomic E-state index is 5.45. The van der Waals surface area contributed by atoms with Crippen molar-refractivity contribution in [3.8, 4) is 0 Å². The predicted octanol–water partition coefficient (Wildman–Crippen LogP) is 1.12. The molecule has 0 nitrogen and oxygen atoms in total. The minimum absolute atomic E-state index is 0.792. The van der Waals surface area contributed by atoms with Crippen molar-refractivity contribution < 1.29 is 0 Å². The van der Waals surface area contributed by atoms with Crippen LogP contribution in [0.1, 0.15) is 5.56 Å². The minimum Gasteiger partial charge on any atom is -0.0985 e. The lowest BCUT2D eigenvalue weighted by Crippen LogP contribution is -1.98. The molecule has 0 fully saturated rings. The van der Waals surface area contributed by atoms with Crippen molar-refractivity contribution in [1.82, 2.24) is 0 Å². The fraction of sp³-hybridized carbons (Fsp3) is 0. The third-order valence-corrected chi connectivity index (χ3v) is 1.17. The average Bonchev–Trinajstić information content (AvgIpc) is 1.90. The second-order valence-corrected chi connectivity index (χ2v) is 1.87. The van der Waals surface area contributed by atoms with Gasteiger partial charge in [-0.15, -0.1) is 0 Å². The van der Waals surface area contributed by atoms with E-state index < -0.39 is 0 Å². The summed E-state index contributed by atoms with van der Waals surface area (Å²) in [7, 11) is 5.45. The molecule has 0 aliphatic rings. The first-order valence-corrected chi connectivity index (χ1v) is 2.81. The fourth-order valence-electron chi connectivity index (χ4n) is 0.632. The zero-order valence-electron chi connectivity index (χ0n) is 5.17. The summed E-state index contributed by atoms with van der Waals surface area (Å²) in [5, 5.41) is 0. The van der Waals surface area contributed by atoms with Crippen molar-refractivity contribution in [2.45, 2.75) is 0 Å². The van der Waals surface area contributed by atoms with Gasteiger partial charge in [0, 0.05) is 0 Å². The van der Waals surface area contributed by atoms with Gasteiger partial charge >= 0.3 is 0 Å². The van der Waals surface area contributed by atoms with Gasteiger partial charge in [0.2, 0.25) is 0 Å². The van der Waals surface area contributed by atoms with Crippen LogP contribution in [-0.2, 0) is 0 Å². The molecule has 9 heavy (non-hydrogen) atoms. The first-order valence-electron chi connectivity index (χ1n) is 2.81. The molecule has 1 aromatic rings. The standard InChI is InChI=1S/C8H7B/c1-2-7-3-5-8(9)6-4-7/h2-6H,1H2. The highest BCUT2D eigenvalue weighted by Crippen LogP contribution is 1.95. The Morgan fingerprint density at radius 2 is 1.78 bits per heavy atom. The van der Waals surface area contributed by atoms with Crippen LogP contribution in [0.2, 0.25) is 0 Å². The van der Waals surface area contributed by atoms with E-state index in [1.54, 1.807) is 6.08 Å². The first kappa shape index (κ1) is 6.15. The largest absolute Gasteiger partial charge is 0.113 e. The van der Waals surface area contributed by atoms with Crippen molar-refractivity contribution in [2.24, 2.45) is 0 Å². The molecule has 0 atom stereocenters. The number of hydrogen-bond acceptors (Lipinski definition) is 0. The lowest BCUT2D eigenvalue weighted by atomic mass is 9.95. The van der Waals surface area contributed by atoms with Gasteiger partial charge in [-0.05, 0) is 5.56 Å². The SMILES string of the molecule is [B]c1ccc(C=C)cc1. The van der Waals surface area contributed by atoms with Crippen molar-refractivity contribution in [3.63, 3.8) is 0 Å². The van der Waals surface area contributed by atoms with Crippen molar-refractivity contribution in [2.75, 3.05) is 0 Å². The van der Waals surface area contributed by atoms with Gasteiger partial charge in [0.15, 0.2) is 0 Å². The van der Waals surface area contributed by atoms with E-state index in [4.69, 9.17) is 7.85 Å². The van der Waals surface area contributed by atoms with E-state index in [2.05, 4.69) is 6.58 Å². The first-order chi connectivity index (χ1) is 4.33. The molecule has 1 rings (SSSR count). The second kappa shape index (κ2) is 2.54. The van der Waals surface area contributed by atoms with Gasteiger partial charge < -0.3 is 0 Å². The van der Waals surface area contributed by atoms with Gasteiger partial charge in [-0.1, -0.05) is 42.4 Å². The van der Waals surface area contributed by atoms with Crippen LogP contribution >= 0.6 is 0 Å². The Hall–Kier alpha value is -0.975. The maximum atomic E-state index is 5.45. The molecule has 0 heterocycles. The van der Waals surface area contributed by atoms with E-state index in [9.17, 15) is 0 Å². The summed E-state index contributed by atoms with van der Waals surface area (Å²) in [4.78, 5) is 0. The van der Waals surface area contributed by atoms with Gasteiger partial charge in [0.1, 0.15) is 7.85 Å². The summed E-state index contributed by atoms with van der Waals surface area (Å²) in [6, 6.07) is 7.58. The summed E-state index contributed by atoms with van der Waals surface area (Å²) in [5.74, 6) is 0.